The maximum Gasteiger partial charge on any atom is 0.143 e. The number of rotatable bonds is 7. The van der Waals surface area contributed by atoms with E-state index < -0.39 is 0 Å². The Morgan fingerprint density at radius 3 is 1.57 bits per heavy atom. The first-order valence-corrected chi connectivity index (χ1v) is 23.2. The van der Waals surface area contributed by atoms with Crippen molar-refractivity contribution in [1.29, 1.82) is 0 Å². The highest BCUT2D eigenvalue weighted by Crippen LogP contribution is 2.44. The fourth-order valence-electron chi connectivity index (χ4n) is 10.7. The van der Waals surface area contributed by atoms with Crippen molar-refractivity contribution in [2.75, 3.05) is 4.90 Å². The molecule has 0 atom stereocenters. The van der Waals surface area contributed by atoms with Crippen LogP contribution in [0.2, 0.25) is 0 Å². The number of nitrogens with zero attached hydrogens (tertiary/aromatic N) is 2. The van der Waals surface area contributed by atoms with E-state index in [1.165, 1.54) is 27.2 Å². The maximum absolute atomic E-state index is 6.64. The van der Waals surface area contributed by atoms with Crippen LogP contribution < -0.4 is 4.90 Å². The van der Waals surface area contributed by atoms with Crippen LogP contribution in [0.4, 0.5) is 17.1 Å². The third kappa shape index (κ3) is 5.94. The topological polar surface area (TPSA) is 34.5 Å². The molecule has 0 fully saturated rings. The van der Waals surface area contributed by atoms with E-state index in [2.05, 4.69) is 240 Å². The third-order valence-electron chi connectivity index (χ3n) is 13.8. The van der Waals surface area contributed by atoms with Gasteiger partial charge in [-0.15, -0.1) is 0 Å². The lowest BCUT2D eigenvalue weighted by molar-refractivity contribution is 0.669. The molecule has 14 aromatic rings. The van der Waals surface area contributed by atoms with Crippen LogP contribution in [0.5, 0.6) is 0 Å². The second kappa shape index (κ2) is 15.2. The van der Waals surface area contributed by atoms with Gasteiger partial charge in [0.2, 0.25) is 0 Å². The lowest BCUT2D eigenvalue weighted by Crippen LogP contribution is -2.10. The van der Waals surface area contributed by atoms with Crippen molar-refractivity contribution < 1.29 is 8.83 Å². The van der Waals surface area contributed by atoms with Crippen LogP contribution in [0.1, 0.15) is 0 Å². The molecule has 318 valence electrons. The number of anilines is 3. The van der Waals surface area contributed by atoms with Crippen molar-refractivity contribution in [3.05, 3.63) is 243 Å². The molecular formula is C64H40N2O2. The van der Waals surface area contributed by atoms with Gasteiger partial charge < -0.3 is 18.3 Å². The minimum absolute atomic E-state index is 0.879. The SMILES string of the molecule is c1cc(-c2cccc3oc4c5ccccc5ccc4c23)cc(N(c2ccc(-c3ccccc3-n3c4ccccc4c4ccccc43)cc2)c2ccc(-c3cccc4oc5ccccc5c34)cc2)c1. The molecule has 0 aliphatic heterocycles. The van der Waals surface area contributed by atoms with E-state index in [-0.39, 0.29) is 0 Å². The van der Waals surface area contributed by atoms with E-state index in [0.29, 0.717) is 0 Å². The van der Waals surface area contributed by atoms with Crippen molar-refractivity contribution in [3.8, 4) is 39.1 Å². The van der Waals surface area contributed by atoms with Gasteiger partial charge in [0.05, 0.1) is 16.7 Å². The van der Waals surface area contributed by atoms with E-state index in [9.17, 15) is 0 Å². The lowest BCUT2D eigenvalue weighted by atomic mass is 9.97. The fraction of sp³-hybridized carbons (Fsp3) is 0. The van der Waals surface area contributed by atoms with Gasteiger partial charge in [0.25, 0.3) is 0 Å². The van der Waals surface area contributed by atoms with Crippen LogP contribution in [0, 0.1) is 0 Å². The summed E-state index contributed by atoms with van der Waals surface area (Å²) in [6, 6.07) is 86.9. The van der Waals surface area contributed by atoms with Gasteiger partial charge in [0, 0.05) is 60.3 Å². The lowest BCUT2D eigenvalue weighted by Gasteiger charge is -2.26. The number of hydrogen-bond donors (Lipinski definition) is 0. The molecule has 3 heterocycles. The molecule has 0 unspecified atom stereocenters. The molecule has 0 amide bonds. The molecule has 0 radical (unpaired) electrons. The minimum Gasteiger partial charge on any atom is -0.456 e. The van der Waals surface area contributed by atoms with E-state index >= 15 is 0 Å². The summed E-state index contributed by atoms with van der Waals surface area (Å²) in [6.07, 6.45) is 0. The normalized spacial score (nSPS) is 11.8. The summed E-state index contributed by atoms with van der Waals surface area (Å²) < 4.78 is 15.3. The third-order valence-corrected chi connectivity index (χ3v) is 13.8. The predicted octanol–water partition coefficient (Wildman–Crippen LogP) is 18.2. The average Bonchev–Trinajstić information content (AvgIpc) is 4.10. The Kier molecular flexibility index (Phi) is 8.55. The molecule has 0 N–H and O–H groups in total. The highest BCUT2D eigenvalue weighted by molar-refractivity contribution is 6.19. The Hall–Kier alpha value is -9.12. The van der Waals surface area contributed by atoms with Crippen molar-refractivity contribution >= 4 is 93.5 Å². The Bertz CT molecular complexity index is 4210. The van der Waals surface area contributed by atoms with Crippen molar-refractivity contribution in [2.24, 2.45) is 0 Å². The highest BCUT2D eigenvalue weighted by atomic mass is 16.3. The summed E-state index contributed by atoms with van der Waals surface area (Å²) >= 11 is 0. The molecule has 11 aromatic carbocycles. The Balaban J connectivity index is 0.913. The monoisotopic (exact) mass is 868 g/mol. The van der Waals surface area contributed by atoms with Gasteiger partial charge in [0.1, 0.15) is 22.3 Å². The standard InChI is InChI=1S/C64H40N2O2/c1-2-18-51-41(14-1)34-39-55-63-50(23-13-29-61(63)68-64(51)55)44-15-11-16-47(40-44)65(46-37-32-43(33-38-46)49-22-12-28-60-62(49)54-21-6-10-27-59(54)67-60)45-35-30-42(31-36-45)48-17-3-7-24-56(48)66-57-25-8-4-19-52(57)53-20-5-9-26-58(53)66/h1-40H. The van der Waals surface area contributed by atoms with Crippen molar-refractivity contribution in [1.82, 2.24) is 4.57 Å². The molecule has 4 nitrogen and oxygen atoms in total. The van der Waals surface area contributed by atoms with Gasteiger partial charge in [-0.2, -0.15) is 0 Å². The molecule has 14 rings (SSSR count). The number of benzene rings is 11. The Labute approximate surface area is 391 Å². The molecule has 0 saturated heterocycles. The maximum atomic E-state index is 6.64. The van der Waals surface area contributed by atoms with E-state index in [4.69, 9.17) is 8.83 Å². The molecule has 0 aliphatic rings. The number of furan rings is 2. The summed E-state index contributed by atoms with van der Waals surface area (Å²) in [4.78, 5) is 2.37. The van der Waals surface area contributed by atoms with Crippen LogP contribution in [-0.4, -0.2) is 4.57 Å². The molecule has 3 aromatic heterocycles. The van der Waals surface area contributed by atoms with Crippen LogP contribution in [-0.2, 0) is 0 Å². The summed E-state index contributed by atoms with van der Waals surface area (Å²) in [7, 11) is 0. The van der Waals surface area contributed by atoms with Gasteiger partial charge in [-0.05, 0) is 112 Å². The number of fused-ring (bicyclic) bond motifs is 11. The predicted molar refractivity (Wildman–Crippen MR) is 284 cm³/mol. The zero-order chi connectivity index (χ0) is 44.7. The van der Waals surface area contributed by atoms with Gasteiger partial charge in [-0.25, -0.2) is 0 Å². The van der Waals surface area contributed by atoms with Gasteiger partial charge in [-0.3, -0.25) is 0 Å². The van der Waals surface area contributed by atoms with Crippen LogP contribution in [0.3, 0.4) is 0 Å². The first-order chi connectivity index (χ1) is 33.7. The molecule has 0 aliphatic carbocycles. The van der Waals surface area contributed by atoms with E-state index in [1.54, 1.807) is 0 Å². The summed E-state index contributed by atoms with van der Waals surface area (Å²) in [5, 5.41) is 9.27. The Morgan fingerprint density at radius 2 is 0.838 bits per heavy atom. The molecule has 0 spiro atoms. The summed E-state index contributed by atoms with van der Waals surface area (Å²) in [6.45, 7) is 0. The molecule has 68 heavy (non-hydrogen) atoms. The molecule has 0 saturated carbocycles. The minimum atomic E-state index is 0.879. The van der Waals surface area contributed by atoms with Crippen molar-refractivity contribution in [3.63, 3.8) is 0 Å². The summed E-state index contributed by atoms with van der Waals surface area (Å²) in [5.41, 5.74) is 17.1. The summed E-state index contributed by atoms with van der Waals surface area (Å²) in [5.74, 6) is 0. The number of hydrogen-bond acceptors (Lipinski definition) is 3. The Morgan fingerprint density at radius 1 is 0.309 bits per heavy atom. The van der Waals surface area contributed by atoms with Crippen LogP contribution in [0.15, 0.2) is 251 Å². The second-order valence-corrected chi connectivity index (χ2v) is 17.6. The second-order valence-electron chi connectivity index (χ2n) is 17.6. The van der Waals surface area contributed by atoms with Gasteiger partial charge >= 0.3 is 0 Å². The van der Waals surface area contributed by atoms with Crippen molar-refractivity contribution in [2.45, 2.75) is 0 Å². The molecule has 4 heteroatoms. The van der Waals surface area contributed by atoms with Crippen LogP contribution in [0.25, 0.3) is 116 Å². The van der Waals surface area contributed by atoms with Crippen LogP contribution >= 0.6 is 0 Å². The number of aromatic nitrogens is 1. The quantitative estimate of drug-likeness (QED) is 0.160. The highest BCUT2D eigenvalue weighted by Gasteiger charge is 2.20. The largest absolute Gasteiger partial charge is 0.456 e. The van der Waals surface area contributed by atoms with Gasteiger partial charge in [0.15, 0.2) is 0 Å². The van der Waals surface area contributed by atoms with E-state index in [1.807, 2.05) is 12.1 Å². The zero-order valence-electron chi connectivity index (χ0n) is 36.8. The van der Waals surface area contributed by atoms with E-state index in [0.717, 1.165) is 105 Å². The average molecular weight is 869 g/mol. The van der Waals surface area contributed by atoms with Gasteiger partial charge in [-0.1, -0.05) is 164 Å². The first-order valence-electron chi connectivity index (χ1n) is 23.2. The fourth-order valence-corrected chi connectivity index (χ4v) is 10.7. The number of para-hydroxylation sites is 4. The molecular weight excluding hydrogens is 829 g/mol. The smallest absolute Gasteiger partial charge is 0.143 e. The first kappa shape index (κ1) is 38.2. The zero-order valence-corrected chi connectivity index (χ0v) is 36.8. The molecule has 0 bridgehead atoms.